The van der Waals surface area contributed by atoms with Crippen LogP contribution in [-0.4, -0.2) is 20.8 Å². The highest BCUT2D eigenvalue weighted by Gasteiger charge is 2.14. The van der Waals surface area contributed by atoms with Crippen LogP contribution in [0.25, 0.3) is 0 Å². The predicted molar refractivity (Wildman–Crippen MR) is 92.4 cm³/mol. The molecule has 3 rings (SSSR count). The van der Waals surface area contributed by atoms with Gasteiger partial charge in [-0.25, -0.2) is 4.39 Å². The number of hydrogen-bond donors (Lipinski definition) is 2. The summed E-state index contributed by atoms with van der Waals surface area (Å²) in [7, 11) is 0. The minimum atomic E-state index is -1.06. The predicted octanol–water partition coefficient (Wildman–Crippen LogP) is 3.13. The van der Waals surface area contributed by atoms with E-state index < -0.39 is 11.9 Å². The first kappa shape index (κ1) is 16.9. The lowest BCUT2D eigenvalue weighted by Crippen LogP contribution is -2.15. The molecular formula is C19H18FN3O2. The van der Waals surface area contributed by atoms with E-state index in [1.54, 1.807) is 23.1 Å². The zero-order valence-electron chi connectivity index (χ0n) is 13.5. The molecule has 0 radical (unpaired) electrons. The molecule has 1 aromatic heterocycles. The number of nitrogens with one attached hydrogen (secondary N) is 1. The molecule has 0 spiro atoms. The molecule has 0 saturated heterocycles. The van der Waals surface area contributed by atoms with Crippen LogP contribution in [0.2, 0.25) is 0 Å². The van der Waals surface area contributed by atoms with Gasteiger partial charge in [-0.1, -0.05) is 42.5 Å². The summed E-state index contributed by atoms with van der Waals surface area (Å²) < 4.78 is 14.9. The number of halogens is 1. The number of aliphatic hydroxyl groups is 1. The van der Waals surface area contributed by atoms with Crippen LogP contribution in [0.3, 0.4) is 0 Å². The Hall–Kier alpha value is -2.99. The largest absolute Gasteiger partial charge is 0.388 e. The monoisotopic (exact) mass is 339 g/mol. The maximum atomic E-state index is 13.2. The summed E-state index contributed by atoms with van der Waals surface area (Å²) in [5, 5.41) is 16.9. The Morgan fingerprint density at radius 3 is 2.76 bits per heavy atom. The smallest absolute Gasteiger partial charge is 0.227 e. The van der Waals surface area contributed by atoms with Gasteiger partial charge in [-0.15, -0.1) is 0 Å². The van der Waals surface area contributed by atoms with Crippen molar-refractivity contribution in [3.63, 3.8) is 0 Å². The molecule has 5 nitrogen and oxygen atoms in total. The molecule has 6 heteroatoms. The van der Waals surface area contributed by atoms with E-state index in [0.29, 0.717) is 17.8 Å². The van der Waals surface area contributed by atoms with Gasteiger partial charge in [0, 0.05) is 6.20 Å². The number of carbonyl (C=O) groups excluding carboxylic acids is 1. The fourth-order valence-electron chi connectivity index (χ4n) is 2.50. The molecule has 2 N–H and O–H groups in total. The van der Waals surface area contributed by atoms with Crippen molar-refractivity contribution < 1.29 is 14.3 Å². The first-order valence-corrected chi connectivity index (χ1v) is 7.90. The third-order valence-electron chi connectivity index (χ3n) is 3.72. The summed E-state index contributed by atoms with van der Waals surface area (Å²) in [5.74, 6) is -0.810. The van der Waals surface area contributed by atoms with Crippen molar-refractivity contribution in [1.29, 1.82) is 0 Å². The van der Waals surface area contributed by atoms with Crippen LogP contribution >= 0.6 is 0 Å². The van der Waals surface area contributed by atoms with E-state index in [0.717, 1.165) is 5.56 Å². The topological polar surface area (TPSA) is 67.2 Å². The lowest BCUT2D eigenvalue weighted by Gasteiger charge is -2.10. The summed E-state index contributed by atoms with van der Waals surface area (Å²) in [6.45, 7) is 0.600. The van der Waals surface area contributed by atoms with Gasteiger partial charge in [0.25, 0.3) is 0 Å². The number of aromatic nitrogens is 2. The molecule has 0 aliphatic carbocycles. The molecular weight excluding hydrogens is 321 g/mol. The lowest BCUT2D eigenvalue weighted by atomic mass is 10.1. The second-order valence-corrected chi connectivity index (χ2v) is 5.74. The van der Waals surface area contributed by atoms with Crippen LogP contribution in [0.15, 0.2) is 67.0 Å². The quantitative estimate of drug-likeness (QED) is 0.725. The fourth-order valence-corrected chi connectivity index (χ4v) is 2.50. The van der Waals surface area contributed by atoms with E-state index in [4.69, 9.17) is 0 Å². The Bertz CT molecular complexity index is 849. The molecule has 128 valence electrons. The summed E-state index contributed by atoms with van der Waals surface area (Å²) in [4.78, 5) is 12.0. The van der Waals surface area contributed by atoms with Crippen LogP contribution in [0.5, 0.6) is 0 Å². The van der Waals surface area contributed by atoms with Crippen molar-refractivity contribution in [3.8, 4) is 0 Å². The molecule has 0 bridgehead atoms. The van der Waals surface area contributed by atoms with Gasteiger partial charge in [0.15, 0.2) is 0 Å². The van der Waals surface area contributed by atoms with E-state index >= 15 is 0 Å². The molecule has 0 aliphatic heterocycles. The van der Waals surface area contributed by atoms with Gasteiger partial charge in [-0.3, -0.25) is 9.48 Å². The van der Waals surface area contributed by atoms with Gasteiger partial charge in [0.1, 0.15) is 5.82 Å². The Morgan fingerprint density at radius 1 is 1.20 bits per heavy atom. The highest BCUT2D eigenvalue weighted by atomic mass is 19.1. The molecule has 1 heterocycles. The number of rotatable bonds is 6. The Labute approximate surface area is 144 Å². The zero-order chi connectivity index (χ0) is 17.6. The fraction of sp³-hybridized carbons (Fsp3) is 0.158. The Kier molecular flexibility index (Phi) is 5.20. The standard InChI is InChI=1S/C19H18FN3O2/c20-16-8-4-7-15(9-16)18(24)10-19(25)22-17-11-21-23(13-17)12-14-5-2-1-3-6-14/h1-9,11,13,18,24H,10,12H2,(H,22,25). The second-order valence-electron chi connectivity index (χ2n) is 5.74. The molecule has 1 atom stereocenters. The maximum Gasteiger partial charge on any atom is 0.227 e. The van der Waals surface area contributed by atoms with E-state index in [1.807, 2.05) is 30.3 Å². The van der Waals surface area contributed by atoms with Gasteiger partial charge in [-0.2, -0.15) is 5.10 Å². The third-order valence-corrected chi connectivity index (χ3v) is 3.72. The SMILES string of the molecule is O=C(CC(O)c1cccc(F)c1)Nc1cnn(Cc2ccccc2)c1. The first-order chi connectivity index (χ1) is 12.1. The van der Waals surface area contributed by atoms with Crippen LogP contribution < -0.4 is 5.32 Å². The lowest BCUT2D eigenvalue weighted by molar-refractivity contribution is -0.118. The summed E-state index contributed by atoms with van der Waals surface area (Å²) >= 11 is 0. The van der Waals surface area contributed by atoms with Crippen LogP contribution in [-0.2, 0) is 11.3 Å². The number of aliphatic hydroxyl groups excluding tert-OH is 1. The number of benzene rings is 2. The number of anilines is 1. The molecule has 1 amide bonds. The van der Waals surface area contributed by atoms with E-state index in [2.05, 4.69) is 10.4 Å². The Balaban J connectivity index is 1.56. The normalized spacial score (nSPS) is 11.9. The van der Waals surface area contributed by atoms with Crippen molar-refractivity contribution in [2.75, 3.05) is 5.32 Å². The molecule has 25 heavy (non-hydrogen) atoms. The highest BCUT2D eigenvalue weighted by Crippen LogP contribution is 2.18. The van der Waals surface area contributed by atoms with E-state index in [-0.39, 0.29) is 12.3 Å². The Morgan fingerprint density at radius 2 is 2.00 bits per heavy atom. The minimum Gasteiger partial charge on any atom is -0.388 e. The van der Waals surface area contributed by atoms with Crippen molar-refractivity contribution >= 4 is 11.6 Å². The summed E-state index contributed by atoms with van der Waals surface area (Å²) in [6.07, 6.45) is 2.05. The average Bonchev–Trinajstić information content (AvgIpc) is 3.02. The average molecular weight is 339 g/mol. The van der Waals surface area contributed by atoms with Gasteiger partial charge in [0.2, 0.25) is 5.91 Å². The van der Waals surface area contributed by atoms with Crippen molar-refractivity contribution in [3.05, 3.63) is 83.9 Å². The number of nitrogens with zero attached hydrogens (tertiary/aromatic N) is 2. The van der Waals surface area contributed by atoms with Crippen molar-refractivity contribution in [1.82, 2.24) is 9.78 Å². The minimum absolute atomic E-state index is 0.159. The first-order valence-electron chi connectivity index (χ1n) is 7.90. The molecule has 2 aromatic carbocycles. The van der Waals surface area contributed by atoms with E-state index in [1.165, 1.54) is 18.2 Å². The van der Waals surface area contributed by atoms with Crippen molar-refractivity contribution in [2.24, 2.45) is 0 Å². The second kappa shape index (κ2) is 7.72. The zero-order valence-corrected chi connectivity index (χ0v) is 13.5. The van der Waals surface area contributed by atoms with Crippen LogP contribution in [0, 0.1) is 5.82 Å². The molecule has 3 aromatic rings. The molecule has 1 unspecified atom stereocenters. The van der Waals surface area contributed by atoms with E-state index in [9.17, 15) is 14.3 Å². The third kappa shape index (κ3) is 4.74. The maximum absolute atomic E-state index is 13.2. The molecule has 0 fully saturated rings. The van der Waals surface area contributed by atoms with Gasteiger partial charge >= 0.3 is 0 Å². The summed E-state index contributed by atoms with van der Waals surface area (Å²) in [6, 6.07) is 15.4. The number of hydrogen-bond acceptors (Lipinski definition) is 3. The molecule has 0 aliphatic rings. The van der Waals surface area contributed by atoms with Crippen LogP contribution in [0.1, 0.15) is 23.7 Å². The van der Waals surface area contributed by atoms with Crippen LogP contribution in [0.4, 0.5) is 10.1 Å². The van der Waals surface area contributed by atoms with Gasteiger partial charge in [0.05, 0.1) is 31.0 Å². The molecule has 0 saturated carbocycles. The highest BCUT2D eigenvalue weighted by molar-refractivity contribution is 5.90. The van der Waals surface area contributed by atoms with Crippen molar-refractivity contribution in [2.45, 2.75) is 19.1 Å². The number of amides is 1. The number of carbonyl (C=O) groups is 1. The summed E-state index contributed by atoms with van der Waals surface area (Å²) in [5.41, 5.74) is 2.02. The van der Waals surface area contributed by atoms with Gasteiger partial charge < -0.3 is 10.4 Å². The van der Waals surface area contributed by atoms with Gasteiger partial charge in [-0.05, 0) is 23.3 Å².